The van der Waals surface area contributed by atoms with Gasteiger partial charge in [0.1, 0.15) is 4.90 Å². The zero-order valence-electron chi connectivity index (χ0n) is 16.5. The van der Waals surface area contributed by atoms with E-state index in [1.807, 2.05) is 37.3 Å². The zero-order chi connectivity index (χ0) is 20.3. The van der Waals surface area contributed by atoms with Crippen molar-refractivity contribution in [2.45, 2.75) is 18.2 Å². The number of para-hydroxylation sites is 1. The summed E-state index contributed by atoms with van der Waals surface area (Å²) in [5, 5.41) is 0.814. The molecular formula is C21H24N2O4S. The standard InChI is InChI=1S/C21H24N2O4S/c1-15-12-17-6-5-7-20(21(17)22-14-15)28(24,25)23(2)11-10-16-8-9-18(26-3)19(13-16)27-4/h5-9,12-14H,10-11H2,1-4H3. The van der Waals surface area contributed by atoms with Gasteiger partial charge in [-0.15, -0.1) is 0 Å². The average molecular weight is 401 g/mol. The van der Waals surface area contributed by atoms with Crippen LogP contribution in [0.25, 0.3) is 10.9 Å². The fraction of sp³-hybridized carbons (Fsp3) is 0.286. The van der Waals surface area contributed by atoms with Gasteiger partial charge in [-0.25, -0.2) is 12.7 Å². The highest BCUT2D eigenvalue weighted by molar-refractivity contribution is 7.89. The number of hydrogen-bond donors (Lipinski definition) is 0. The largest absolute Gasteiger partial charge is 0.493 e. The van der Waals surface area contributed by atoms with E-state index >= 15 is 0 Å². The van der Waals surface area contributed by atoms with Gasteiger partial charge >= 0.3 is 0 Å². The normalized spacial score (nSPS) is 11.8. The molecule has 0 radical (unpaired) electrons. The van der Waals surface area contributed by atoms with Crippen molar-refractivity contribution in [2.75, 3.05) is 27.8 Å². The number of pyridine rings is 1. The molecule has 0 amide bonds. The molecule has 0 spiro atoms. The van der Waals surface area contributed by atoms with Crippen LogP contribution in [0.3, 0.4) is 0 Å². The number of aryl methyl sites for hydroxylation is 1. The molecule has 0 saturated heterocycles. The fourth-order valence-electron chi connectivity index (χ4n) is 3.06. The zero-order valence-corrected chi connectivity index (χ0v) is 17.3. The van der Waals surface area contributed by atoms with Crippen molar-refractivity contribution < 1.29 is 17.9 Å². The SMILES string of the molecule is COc1ccc(CCN(C)S(=O)(=O)c2cccc3cc(C)cnc23)cc1OC. The van der Waals surface area contributed by atoms with Crippen LogP contribution < -0.4 is 9.47 Å². The summed E-state index contributed by atoms with van der Waals surface area (Å²) in [6.07, 6.45) is 2.23. The number of methoxy groups -OCH3 is 2. The Hall–Kier alpha value is -2.64. The van der Waals surface area contributed by atoms with Crippen LogP contribution in [0.15, 0.2) is 53.6 Å². The Bertz CT molecular complexity index is 1100. The maximum absolute atomic E-state index is 13.1. The first kappa shape index (κ1) is 20.1. The minimum atomic E-state index is -3.66. The third kappa shape index (κ3) is 3.95. The lowest BCUT2D eigenvalue weighted by atomic mass is 10.1. The summed E-state index contributed by atoms with van der Waals surface area (Å²) in [7, 11) is 1.08. The summed E-state index contributed by atoms with van der Waals surface area (Å²) in [5.41, 5.74) is 2.45. The first-order valence-corrected chi connectivity index (χ1v) is 10.3. The topological polar surface area (TPSA) is 68.7 Å². The van der Waals surface area contributed by atoms with Gasteiger partial charge in [0, 0.05) is 25.2 Å². The summed E-state index contributed by atoms with van der Waals surface area (Å²) in [4.78, 5) is 4.58. The third-order valence-corrected chi connectivity index (χ3v) is 6.55. The molecule has 2 aromatic carbocycles. The Labute approximate surface area is 165 Å². The van der Waals surface area contributed by atoms with Gasteiger partial charge in [0.2, 0.25) is 10.0 Å². The molecule has 28 heavy (non-hydrogen) atoms. The van der Waals surface area contributed by atoms with Gasteiger partial charge in [0.25, 0.3) is 0 Å². The lowest BCUT2D eigenvalue weighted by Crippen LogP contribution is -2.29. The first-order chi connectivity index (χ1) is 13.4. The van der Waals surface area contributed by atoms with Gasteiger partial charge in [-0.1, -0.05) is 18.2 Å². The number of ether oxygens (including phenoxy) is 2. The Morgan fingerprint density at radius 2 is 1.79 bits per heavy atom. The summed E-state index contributed by atoms with van der Waals surface area (Å²) < 4.78 is 38.1. The van der Waals surface area contributed by atoms with Crippen molar-refractivity contribution in [3.8, 4) is 11.5 Å². The summed E-state index contributed by atoms with van der Waals surface area (Å²) >= 11 is 0. The number of fused-ring (bicyclic) bond motifs is 1. The Kier molecular flexibility index (Phi) is 5.86. The lowest BCUT2D eigenvalue weighted by molar-refractivity contribution is 0.354. The number of benzene rings is 2. The molecule has 1 aromatic heterocycles. The van der Waals surface area contributed by atoms with Gasteiger partial charge in [-0.05, 0) is 48.7 Å². The van der Waals surface area contributed by atoms with Crippen LogP contribution in [-0.2, 0) is 16.4 Å². The molecule has 3 aromatic rings. The van der Waals surface area contributed by atoms with Crippen LogP contribution in [-0.4, -0.2) is 45.5 Å². The minimum Gasteiger partial charge on any atom is -0.493 e. The number of nitrogens with zero attached hydrogens (tertiary/aromatic N) is 2. The third-order valence-electron chi connectivity index (χ3n) is 4.66. The second kappa shape index (κ2) is 8.16. The number of rotatable bonds is 7. The van der Waals surface area contributed by atoms with E-state index in [1.165, 1.54) is 4.31 Å². The van der Waals surface area contributed by atoms with Crippen LogP contribution in [0.1, 0.15) is 11.1 Å². The maximum atomic E-state index is 13.1. The predicted molar refractivity (Wildman–Crippen MR) is 110 cm³/mol. The van der Waals surface area contributed by atoms with Gasteiger partial charge in [-0.2, -0.15) is 0 Å². The van der Waals surface area contributed by atoms with E-state index in [1.54, 1.807) is 39.6 Å². The van der Waals surface area contributed by atoms with Crippen molar-refractivity contribution in [1.29, 1.82) is 0 Å². The summed E-state index contributed by atoms with van der Waals surface area (Å²) in [6.45, 7) is 2.27. The van der Waals surface area contributed by atoms with Crippen LogP contribution in [0.4, 0.5) is 0 Å². The van der Waals surface area contributed by atoms with E-state index in [0.717, 1.165) is 16.5 Å². The molecule has 0 atom stereocenters. The molecule has 0 aliphatic carbocycles. The second-order valence-electron chi connectivity index (χ2n) is 6.61. The van der Waals surface area contributed by atoms with Crippen molar-refractivity contribution in [1.82, 2.24) is 9.29 Å². The van der Waals surface area contributed by atoms with Crippen LogP contribution in [0.2, 0.25) is 0 Å². The molecule has 0 saturated carbocycles. The number of likely N-dealkylation sites (N-methyl/N-ethyl adjacent to an activating group) is 1. The van der Waals surface area contributed by atoms with E-state index < -0.39 is 10.0 Å². The molecule has 0 unspecified atom stereocenters. The molecule has 0 aliphatic heterocycles. The van der Waals surface area contributed by atoms with E-state index in [9.17, 15) is 8.42 Å². The molecule has 0 fully saturated rings. The smallest absolute Gasteiger partial charge is 0.244 e. The van der Waals surface area contributed by atoms with Crippen molar-refractivity contribution in [3.63, 3.8) is 0 Å². The molecule has 0 N–H and O–H groups in total. The molecule has 6 nitrogen and oxygen atoms in total. The number of sulfonamides is 1. The van der Waals surface area contributed by atoms with E-state index in [2.05, 4.69) is 4.98 Å². The fourth-order valence-corrected chi connectivity index (χ4v) is 4.39. The molecule has 3 rings (SSSR count). The van der Waals surface area contributed by atoms with Gasteiger partial charge in [0.15, 0.2) is 11.5 Å². The maximum Gasteiger partial charge on any atom is 0.244 e. The van der Waals surface area contributed by atoms with Gasteiger partial charge in [-0.3, -0.25) is 4.98 Å². The monoisotopic (exact) mass is 400 g/mol. The highest BCUT2D eigenvalue weighted by Gasteiger charge is 2.23. The van der Waals surface area contributed by atoms with Gasteiger partial charge in [0.05, 0.1) is 19.7 Å². The van der Waals surface area contributed by atoms with Crippen molar-refractivity contribution in [3.05, 3.63) is 59.8 Å². The van der Waals surface area contributed by atoms with Crippen LogP contribution in [0, 0.1) is 6.92 Å². The first-order valence-electron chi connectivity index (χ1n) is 8.89. The quantitative estimate of drug-likeness (QED) is 0.608. The minimum absolute atomic E-state index is 0.222. The lowest BCUT2D eigenvalue weighted by Gasteiger charge is -2.18. The molecule has 0 bridgehead atoms. The molecule has 1 heterocycles. The van der Waals surface area contributed by atoms with E-state index in [4.69, 9.17) is 9.47 Å². The summed E-state index contributed by atoms with van der Waals surface area (Å²) in [5.74, 6) is 1.27. The number of aromatic nitrogens is 1. The van der Waals surface area contributed by atoms with E-state index in [-0.39, 0.29) is 4.90 Å². The van der Waals surface area contributed by atoms with Crippen LogP contribution >= 0.6 is 0 Å². The summed E-state index contributed by atoms with van der Waals surface area (Å²) in [6, 6.07) is 12.7. The highest BCUT2D eigenvalue weighted by atomic mass is 32.2. The average Bonchev–Trinajstić information content (AvgIpc) is 2.70. The van der Waals surface area contributed by atoms with Crippen molar-refractivity contribution >= 4 is 20.9 Å². The Balaban J connectivity index is 1.83. The van der Waals surface area contributed by atoms with Crippen LogP contribution in [0.5, 0.6) is 11.5 Å². The van der Waals surface area contributed by atoms with Gasteiger partial charge < -0.3 is 9.47 Å². The number of hydrogen-bond acceptors (Lipinski definition) is 5. The Morgan fingerprint density at radius 1 is 1.04 bits per heavy atom. The second-order valence-corrected chi connectivity index (χ2v) is 8.62. The predicted octanol–water partition coefficient (Wildman–Crippen LogP) is 3.42. The van der Waals surface area contributed by atoms with Crippen molar-refractivity contribution in [2.24, 2.45) is 0 Å². The van der Waals surface area contributed by atoms with E-state index in [0.29, 0.717) is 30.0 Å². The molecule has 148 valence electrons. The highest BCUT2D eigenvalue weighted by Crippen LogP contribution is 2.28. The molecular weight excluding hydrogens is 376 g/mol. The molecule has 7 heteroatoms. The molecule has 0 aliphatic rings. The Morgan fingerprint density at radius 3 is 2.50 bits per heavy atom.